The highest BCUT2D eigenvalue weighted by Crippen LogP contribution is 2.35. The Balaban J connectivity index is 2.63. The highest BCUT2D eigenvalue weighted by atomic mass is 35.5. The molecule has 0 aliphatic heterocycles. The van der Waals surface area contributed by atoms with Gasteiger partial charge in [0, 0.05) is 12.1 Å². The molecule has 220 valence electrons. The van der Waals surface area contributed by atoms with E-state index < -0.39 is 35.6 Å². The standard InChI is InChI=1S/C31H44ClN3O5/c1-9-10-17-35(29(38)24(18-19(2)3)33-30(39)40-31(6,7)8)26(22-15-11-14-21(5)27(22)36)28(37)34-25-20(4)13-12-16-23(25)32/h11-16,19,24,26,36H,9-10,17-18H2,1-8H3,(H,33,39)(H,34,37). The number of nitrogens with one attached hydrogen (secondary N) is 2. The summed E-state index contributed by atoms with van der Waals surface area (Å²) in [5.41, 5.74) is 1.29. The molecular formula is C31H44ClN3O5. The first-order valence-corrected chi connectivity index (χ1v) is 14.2. The van der Waals surface area contributed by atoms with Gasteiger partial charge in [-0.15, -0.1) is 0 Å². The number of ether oxygens (including phenoxy) is 1. The average molecular weight is 574 g/mol. The molecule has 8 nitrogen and oxygen atoms in total. The maximum absolute atomic E-state index is 14.3. The number of rotatable bonds is 11. The van der Waals surface area contributed by atoms with Gasteiger partial charge in [0.05, 0.1) is 10.7 Å². The van der Waals surface area contributed by atoms with Gasteiger partial charge in [0.1, 0.15) is 23.4 Å². The molecule has 2 atom stereocenters. The van der Waals surface area contributed by atoms with Crippen molar-refractivity contribution in [2.45, 2.75) is 92.3 Å². The lowest BCUT2D eigenvalue weighted by Crippen LogP contribution is -2.53. The molecule has 0 aliphatic rings. The van der Waals surface area contributed by atoms with E-state index in [1.165, 1.54) is 4.90 Å². The van der Waals surface area contributed by atoms with Crippen LogP contribution in [-0.2, 0) is 14.3 Å². The van der Waals surface area contributed by atoms with Crippen LogP contribution in [-0.4, -0.2) is 46.1 Å². The van der Waals surface area contributed by atoms with E-state index in [9.17, 15) is 19.5 Å². The molecule has 2 rings (SSSR count). The van der Waals surface area contributed by atoms with E-state index in [-0.39, 0.29) is 23.8 Å². The molecule has 0 saturated carbocycles. The summed E-state index contributed by atoms with van der Waals surface area (Å²) in [4.78, 5) is 42.5. The minimum absolute atomic E-state index is 0.0577. The smallest absolute Gasteiger partial charge is 0.408 e. The lowest BCUT2D eigenvalue weighted by Gasteiger charge is -2.35. The van der Waals surface area contributed by atoms with Crippen LogP contribution >= 0.6 is 11.6 Å². The van der Waals surface area contributed by atoms with Crippen molar-refractivity contribution in [1.82, 2.24) is 10.2 Å². The number of carbonyl (C=O) groups is 3. The first-order chi connectivity index (χ1) is 18.7. The van der Waals surface area contributed by atoms with Gasteiger partial charge in [-0.3, -0.25) is 9.59 Å². The molecule has 3 N–H and O–H groups in total. The zero-order valence-electron chi connectivity index (χ0n) is 24.9. The van der Waals surface area contributed by atoms with E-state index in [1.807, 2.05) is 33.8 Å². The van der Waals surface area contributed by atoms with E-state index >= 15 is 0 Å². The Morgan fingerprint density at radius 1 is 1.05 bits per heavy atom. The first-order valence-electron chi connectivity index (χ1n) is 13.8. The molecule has 3 amide bonds. The molecule has 0 radical (unpaired) electrons. The Morgan fingerprint density at radius 2 is 1.68 bits per heavy atom. The van der Waals surface area contributed by atoms with Gasteiger partial charge in [-0.2, -0.15) is 0 Å². The molecule has 0 fully saturated rings. The van der Waals surface area contributed by atoms with Gasteiger partial charge < -0.3 is 25.4 Å². The number of nitrogens with zero attached hydrogens (tertiary/aromatic N) is 1. The van der Waals surface area contributed by atoms with Gasteiger partial charge in [-0.25, -0.2) is 4.79 Å². The monoisotopic (exact) mass is 573 g/mol. The van der Waals surface area contributed by atoms with E-state index in [2.05, 4.69) is 10.6 Å². The number of hydrogen-bond donors (Lipinski definition) is 3. The predicted molar refractivity (Wildman–Crippen MR) is 160 cm³/mol. The molecule has 9 heteroatoms. The number of para-hydroxylation sites is 2. The number of benzene rings is 2. The summed E-state index contributed by atoms with van der Waals surface area (Å²) in [5, 5.41) is 17.1. The third-order valence-electron chi connectivity index (χ3n) is 6.33. The van der Waals surface area contributed by atoms with E-state index in [1.54, 1.807) is 58.0 Å². The van der Waals surface area contributed by atoms with Gasteiger partial charge >= 0.3 is 6.09 Å². The molecule has 0 saturated heterocycles. The van der Waals surface area contributed by atoms with Crippen molar-refractivity contribution in [2.75, 3.05) is 11.9 Å². The minimum Gasteiger partial charge on any atom is -0.507 e. The molecule has 2 aromatic rings. The van der Waals surface area contributed by atoms with Crippen molar-refractivity contribution in [3.8, 4) is 5.75 Å². The summed E-state index contributed by atoms with van der Waals surface area (Å²) >= 11 is 6.42. The van der Waals surface area contributed by atoms with Crippen LogP contribution < -0.4 is 10.6 Å². The predicted octanol–water partition coefficient (Wildman–Crippen LogP) is 6.91. The number of phenols is 1. The number of aromatic hydroxyl groups is 1. The van der Waals surface area contributed by atoms with Crippen LogP contribution in [0.4, 0.5) is 10.5 Å². The van der Waals surface area contributed by atoms with Crippen LogP contribution in [0.15, 0.2) is 36.4 Å². The molecule has 0 aliphatic carbocycles. The molecule has 2 aromatic carbocycles. The summed E-state index contributed by atoms with van der Waals surface area (Å²) in [6, 6.07) is 8.25. The fourth-order valence-corrected chi connectivity index (χ4v) is 4.64. The van der Waals surface area contributed by atoms with Crippen LogP contribution in [0.1, 0.15) is 83.5 Å². The quantitative estimate of drug-likeness (QED) is 0.271. The van der Waals surface area contributed by atoms with Crippen molar-refractivity contribution in [3.05, 3.63) is 58.1 Å². The maximum Gasteiger partial charge on any atom is 0.408 e. The highest BCUT2D eigenvalue weighted by Gasteiger charge is 2.38. The van der Waals surface area contributed by atoms with Crippen LogP contribution in [0.5, 0.6) is 5.75 Å². The molecule has 0 heterocycles. The molecule has 2 unspecified atom stereocenters. The lowest BCUT2D eigenvalue weighted by molar-refractivity contribution is -0.141. The van der Waals surface area contributed by atoms with Crippen molar-refractivity contribution >= 4 is 35.2 Å². The summed E-state index contributed by atoms with van der Waals surface area (Å²) < 4.78 is 5.44. The largest absolute Gasteiger partial charge is 0.507 e. The number of unbranched alkanes of at least 4 members (excludes halogenated alkanes) is 1. The van der Waals surface area contributed by atoms with E-state index in [4.69, 9.17) is 16.3 Å². The molecule has 0 spiro atoms. The third-order valence-corrected chi connectivity index (χ3v) is 6.64. The SMILES string of the molecule is CCCCN(C(=O)C(CC(C)C)NC(=O)OC(C)(C)C)C(C(=O)Nc1c(C)cccc1Cl)c1cccc(C)c1O. The van der Waals surface area contributed by atoms with Gasteiger partial charge in [0.15, 0.2) is 0 Å². The first kappa shape index (κ1) is 32.9. The fourth-order valence-electron chi connectivity index (χ4n) is 4.37. The third kappa shape index (κ3) is 9.15. The Morgan fingerprint density at radius 3 is 2.25 bits per heavy atom. The van der Waals surface area contributed by atoms with Crippen molar-refractivity contribution in [1.29, 1.82) is 0 Å². The van der Waals surface area contributed by atoms with Crippen LogP contribution in [0, 0.1) is 19.8 Å². The Labute approximate surface area is 243 Å². The van der Waals surface area contributed by atoms with E-state index in [0.717, 1.165) is 12.0 Å². The number of alkyl carbamates (subject to hydrolysis) is 1. The van der Waals surface area contributed by atoms with Gasteiger partial charge in [-0.1, -0.05) is 69.1 Å². The molecule has 0 aromatic heterocycles. The molecule has 0 bridgehead atoms. The second-order valence-electron chi connectivity index (χ2n) is 11.5. The van der Waals surface area contributed by atoms with Gasteiger partial charge in [-0.05, 0) is 70.6 Å². The number of amides is 3. The minimum atomic E-state index is -1.19. The van der Waals surface area contributed by atoms with Crippen molar-refractivity contribution in [2.24, 2.45) is 5.92 Å². The second-order valence-corrected chi connectivity index (χ2v) is 12.0. The van der Waals surface area contributed by atoms with Crippen LogP contribution in [0.3, 0.4) is 0 Å². The van der Waals surface area contributed by atoms with Crippen molar-refractivity contribution < 1.29 is 24.2 Å². The van der Waals surface area contributed by atoms with Crippen molar-refractivity contribution in [3.63, 3.8) is 0 Å². The Kier molecular flexibility index (Phi) is 11.9. The molecular weight excluding hydrogens is 530 g/mol. The zero-order valence-corrected chi connectivity index (χ0v) is 25.7. The summed E-state index contributed by atoms with van der Waals surface area (Å²) in [5.74, 6) is -0.984. The number of phenolic OH excluding ortho intramolecular Hbond substituents is 1. The fraction of sp³-hybridized carbons (Fsp3) is 0.516. The highest BCUT2D eigenvalue weighted by molar-refractivity contribution is 6.34. The summed E-state index contributed by atoms with van der Waals surface area (Å²) in [6.45, 7) is 14.9. The van der Waals surface area contributed by atoms with Crippen LogP contribution in [0.25, 0.3) is 0 Å². The maximum atomic E-state index is 14.3. The topological polar surface area (TPSA) is 108 Å². The number of hydrogen-bond acceptors (Lipinski definition) is 5. The Hall–Kier alpha value is -3.26. The van der Waals surface area contributed by atoms with Gasteiger partial charge in [0.25, 0.3) is 5.91 Å². The summed E-state index contributed by atoms with van der Waals surface area (Å²) in [6.07, 6.45) is 0.982. The number of carbonyl (C=O) groups excluding carboxylic acids is 3. The molecule has 40 heavy (non-hydrogen) atoms. The average Bonchev–Trinajstić information content (AvgIpc) is 2.84. The number of aryl methyl sites for hydroxylation is 2. The normalized spacial score (nSPS) is 12.9. The number of anilines is 1. The zero-order chi connectivity index (χ0) is 30.2. The lowest BCUT2D eigenvalue weighted by atomic mass is 9.97. The number of halogens is 1. The summed E-state index contributed by atoms with van der Waals surface area (Å²) in [7, 11) is 0. The van der Waals surface area contributed by atoms with E-state index in [0.29, 0.717) is 29.1 Å². The van der Waals surface area contributed by atoms with Gasteiger partial charge in [0.2, 0.25) is 5.91 Å². The Bertz CT molecular complexity index is 1170. The van der Waals surface area contributed by atoms with Crippen LogP contribution in [0.2, 0.25) is 5.02 Å². The second kappa shape index (κ2) is 14.4.